The minimum atomic E-state index is -0.960. The summed E-state index contributed by atoms with van der Waals surface area (Å²) in [6.45, 7) is 3.44. The van der Waals surface area contributed by atoms with Crippen LogP contribution in [0.25, 0.3) is 0 Å². The summed E-state index contributed by atoms with van der Waals surface area (Å²) in [6, 6.07) is 8.53. The zero-order valence-corrected chi connectivity index (χ0v) is 13.8. The molecule has 6 nitrogen and oxygen atoms in total. The molecule has 22 heavy (non-hydrogen) atoms. The van der Waals surface area contributed by atoms with Crippen LogP contribution in [0.4, 0.5) is 4.79 Å². The molecule has 2 rings (SSSR count). The van der Waals surface area contributed by atoms with Crippen molar-refractivity contribution in [1.29, 1.82) is 0 Å². The third kappa shape index (κ3) is 5.08. The molecule has 0 radical (unpaired) electrons. The molecule has 0 spiro atoms. The number of likely N-dealkylation sites (N-methyl/N-ethyl adjacent to an activating group) is 1. The summed E-state index contributed by atoms with van der Waals surface area (Å²) in [5.41, 5.74) is 0. The predicted molar refractivity (Wildman–Crippen MR) is 87.5 cm³/mol. The Morgan fingerprint density at radius 3 is 2.68 bits per heavy atom. The number of nitrogens with one attached hydrogen (secondary N) is 1. The smallest absolute Gasteiger partial charge is 0.404 e. The van der Waals surface area contributed by atoms with Crippen molar-refractivity contribution in [3.05, 3.63) is 24.3 Å². The van der Waals surface area contributed by atoms with Crippen molar-refractivity contribution < 1.29 is 14.6 Å². The first-order valence-corrected chi connectivity index (χ1v) is 8.10. The number of carboxylic acid groups (broad SMARTS) is 1. The lowest BCUT2D eigenvalue weighted by Crippen LogP contribution is -2.55. The van der Waals surface area contributed by atoms with Gasteiger partial charge >= 0.3 is 6.09 Å². The van der Waals surface area contributed by atoms with Crippen LogP contribution in [0.1, 0.15) is 6.42 Å². The standard InChI is InChI=1S/C15H23N3O3S/c1-17-10-12(11-17)18(9-3-8-16-15(19)20)22-14-6-4-13(21-2)5-7-14/h4-7,12,16H,3,8-11H2,1-2H3,(H,19,20). The summed E-state index contributed by atoms with van der Waals surface area (Å²) in [4.78, 5) is 13.9. The van der Waals surface area contributed by atoms with Crippen LogP contribution in [0.5, 0.6) is 5.75 Å². The van der Waals surface area contributed by atoms with E-state index < -0.39 is 6.09 Å². The number of hydrogen-bond donors (Lipinski definition) is 2. The van der Waals surface area contributed by atoms with E-state index in [0.29, 0.717) is 12.6 Å². The van der Waals surface area contributed by atoms with E-state index in [1.807, 2.05) is 24.3 Å². The van der Waals surface area contributed by atoms with Gasteiger partial charge in [0.05, 0.1) is 7.11 Å². The highest BCUT2D eigenvalue weighted by Gasteiger charge is 2.29. The molecule has 0 aliphatic carbocycles. The molecule has 0 saturated carbocycles. The van der Waals surface area contributed by atoms with Crippen LogP contribution in [0.3, 0.4) is 0 Å². The van der Waals surface area contributed by atoms with Crippen molar-refractivity contribution in [3.63, 3.8) is 0 Å². The molecule has 0 atom stereocenters. The van der Waals surface area contributed by atoms with Crippen LogP contribution in [-0.2, 0) is 0 Å². The molecule has 0 aromatic heterocycles. The highest BCUT2D eigenvalue weighted by atomic mass is 32.2. The number of carbonyl (C=O) groups is 1. The molecule has 0 bridgehead atoms. The predicted octanol–water partition coefficient (Wildman–Crippen LogP) is 1.98. The van der Waals surface area contributed by atoms with Gasteiger partial charge in [0.25, 0.3) is 0 Å². The molecule has 1 aromatic rings. The lowest BCUT2D eigenvalue weighted by molar-refractivity contribution is 0.112. The molecule has 1 aliphatic rings. The van der Waals surface area contributed by atoms with E-state index in [4.69, 9.17) is 9.84 Å². The number of ether oxygens (including phenoxy) is 1. The molecule has 1 heterocycles. The number of hydrogen-bond acceptors (Lipinski definition) is 5. The van der Waals surface area contributed by atoms with Gasteiger partial charge in [-0.15, -0.1) is 0 Å². The highest BCUT2D eigenvalue weighted by Crippen LogP contribution is 2.29. The minimum absolute atomic E-state index is 0.484. The van der Waals surface area contributed by atoms with E-state index in [2.05, 4.69) is 21.6 Å². The Bertz CT molecular complexity index is 477. The number of likely N-dealkylation sites (tertiary alicyclic amines) is 1. The molecular formula is C15H23N3O3S. The SMILES string of the molecule is COc1ccc(SN(CCCNC(=O)O)C2CN(C)C2)cc1. The first-order valence-electron chi connectivity index (χ1n) is 7.32. The highest BCUT2D eigenvalue weighted by molar-refractivity contribution is 7.97. The Labute approximate surface area is 135 Å². The topological polar surface area (TPSA) is 65.0 Å². The quantitative estimate of drug-likeness (QED) is 0.563. The molecule has 0 unspecified atom stereocenters. The van der Waals surface area contributed by atoms with Gasteiger partial charge in [-0.2, -0.15) is 0 Å². The Kier molecular flexibility index (Phi) is 6.35. The van der Waals surface area contributed by atoms with E-state index >= 15 is 0 Å². The normalized spacial score (nSPS) is 15.6. The average Bonchev–Trinajstić information content (AvgIpc) is 2.48. The largest absolute Gasteiger partial charge is 0.497 e. The lowest BCUT2D eigenvalue weighted by atomic mass is 10.1. The summed E-state index contributed by atoms with van der Waals surface area (Å²) < 4.78 is 7.53. The molecule has 1 aliphatic heterocycles. The van der Waals surface area contributed by atoms with Crippen LogP contribution >= 0.6 is 11.9 Å². The Balaban J connectivity index is 1.87. The van der Waals surface area contributed by atoms with Gasteiger partial charge < -0.3 is 20.1 Å². The van der Waals surface area contributed by atoms with Crippen LogP contribution in [0, 0.1) is 0 Å². The molecule has 1 saturated heterocycles. The van der Waals surface area contributed by atoms with Crippen molar-refractivity contribution in [1.82, 2.24) is 14.5 Å². The molecular weight excluding hydrogens is 302 g/mol. The maximum Gasteiger partial charge on any atom is 0.404 e. The Morgan fingerprint density at radius 1 is 1.45 bits per heavy atom. The Hall–Kier alpha value is -1.44. The number of methoxy groups -OCH3 is 1. The number of benzene rings is 1. The second kappa shape index (κ2) is 8.26. The summed E-state index contributed by atoms with van der Waals surface area (Å²) in [5.74, 6) is 0.852. The maximum absolute atomic E-state index is 10.5. The first-order chi connectivity index (χ1) is 10.6. The number of rotatable bonds is 8. The molecule has 7 heteroatoms. The van der Waals surface area contributed by atoms with E-state index in [-0.39, 0.29) is 0 Å². The third-order valence-corrected chi connectivity index (χ3v) is 4.76. The van der Waals surface area contributed by atoms with E-state index in [1.165, 1.54) is 4.90 Å². The van der Waals surface area contributed by atoms with Gasteiger partial charge in [0.1, 0.15) is 5.75 Å². The van der Waals surface area contributed by atoms with Gasteiger partial charge in [-0.05, 0) is 49.7 Å². The molecule has 1 fully saturated rings. The Morgan fingerprint density at radius 2 is 2.14 bits per heavy atom. The second-order valence-electron chi connectivity index (χ2n) is 5.37. The third-order valence-electron chi connectivity index (χ3n) is 3.57. The van der Waals surface area contributed by atoms with E-state index in [0.717, 1.165) is 31.8 Å². The van der Waals surface area contributed by atoms with Crippen LogP contribution in [0.2, 0.25) is 0 Å². The van der Waals surface area contributed by atoms with Gasteiger partial charge in [-0.25, -0.2) is 9.10 Å². The van der Waals surface area contributed by atoms with Gasteiger partial charge in [0.15, 0.2) is 0 Å². The summed E-state index contributed by atoms with van der Waals surface area (Å²) in [6.07, 6.45) is -0.159. The molecule has 1 aromatic carbocycles. The zero-order valence-electron chi connectivity index (χ0n) is 13.0. The number of amides is 1. The summed E-state index contributed by atoms with van der Waals surface area (Å²) in [7, 11) is 3.77. The van der Waals surface area contributed by atoms with Crippen LogP contribution in [0.15, 0.2) is 29.2 Å². The van der Waals surface area contributed by atoms with Crippen LogP contribution in [-0.4, -0.2) is 66.8 Å². The molecule has 1 amide bonds. The molecule has 2 N–H and O–H groups in total. The molecule has 122 valence electrons. The second-order valence-corrected chi connectivity index (χ2v) is 6.49. The zero-order chi connectivity index (χ0) is 15.9. The van der Waals surface area contributed by atoms with Gasteiger partial charge in [0.2, 0.25) is 0 Å². The van der Waals surface area contributed by atoms with Crippen molar-refractivity contribution in [3.8, 4) is 5.75 Å². The van der Waals surface area contributed by atoms with Gasteiger partial charge in [0, 0.05) is 37.1 Å². The van der Waals surface area contributed by atoms with Crippen molar-refractivity contribution in [2.75, 3.05) is 40.3 Å². The van der Waals surface area contributed by atoms with Crippen molar-refractivity contribution in [2.24, 2.45) is 0 Å². The fraction of sp³-hybridized carbons (Fsp3) is 0.533. The number of nitrogens with zero attached hydrogens (tertiary/aromatic N) is 2. The van der Waals surface area contributed by atoms with Crippen LogP contribution < -0.4 is 10.1 Å². The van der Waals surface area contributed by atoms with E-state index in [1.54, 1.807) is 19.1 Å². The van der Waals surface area contributed by atoms with E-state index in [9.17, 15) is 4.79 Å². The lowest BCUT2D eigenvalue weighted by Gasteiger charge is -2.43. The van der Waals surface area contributed by atoms with Gasteiger partial charge in [-0.3, -0.25) is 0 Å². The fourth-order valence-corrected chi connectivity index (χ4v) is 3.38. The van der Waals surface area contributed by atoms with Gasteiger partial charge in [-0.1, -0.05) is 0 Å². The summed E-state index contributed by atoms with van der Waals surface area (Å²) in [5, 5.41) is 11.0. The first kappa shape index (κ1) is 16.9. The average molecular weight is 325 g/mol. The summed E-state index contributed by atoms with van der Waals surface area (Å²) >= 11 is 1.73. The fourth-order valence-electron chi connectivity index (χ4n) is 2.35. The van der Waals surface area contributed by atoms with Crippen molar-refractivity contribution >= 4 is 18.0 Å². The monoisotopic (exact) mass is 325 g/mol. The minimum Gasteiger partial charge on any atom is -0.497 e. The van der Waals surface area contributed by atoms with Crippen molar-refractivity contribution in [2.45, 2.75) is 17.4 Å². The maximum atomic E-state index is 10.5.